The van der Waals surface area contributed by atoms with E-state index in [1.807, 2.05) is 50.7 Å². The average molecular weight is 633 g/mol. The average Bonchev–Trinajstić information content (AvgIpc) is 2.97. The first-order chi connectivity index (χ1) is 21.4. The lowest BCUT2D eigenvalue weighted by atomic mass is 9.90. The van der Waals surface area contributed by atoms with Gasteiger partial charge in [0.15, 0.2) is 5.65 Å². The molecule has 0 spiro atoms. The number of phenolic OH excluding ortho intramolecular Hbond substituents is 1. The lowest BCUT2D eigenvalue weighted by molar-refractivity contribution is -0.120. The van der Waals surface area contributed by atoms with Gasteiger partial charge < -0.3 is 19.8 Å². The molecule has 236 valence electrons. The number of aromatic hydroxyl groups is 1. The van der Waals surface area contributed by atoms with Crippen LogP contribution in [0.15, 0.2) is 41.3 Å². The Bertz CT molecular complexity index is 1870. The molecule has 1 aromatic carbocycles. The van der Waals surface area contributed by atoms with Crippen molar-refractivity contribution in [2.45, 2.75) is 52.5 Å². The molecule has 2 atom stereocenters. The van der Waals surface area contributed by atoms with Gasteiger partial charge in [0, 0.05) is 31.2 Å². The van der Waals surface area contributed by atoms with Gasteiger partial charge in [-0.15, -0.1) is 0 Å². The number of piperidine rings is 1. The Morgan fingerprint density at radius 2 is 1.89 bits per heavy atom. The molecule has 0 bridgehead atoms. The molecule has 1 saturated heterocycles. The van der Waals surface area contributed by atoms with Crippen LogP contribution in [0.1, 0.15) is 50.8 Å². The van der Waals surface area contributed by atoms with Gasteiger partial charge in [-0.05, 0) is 75.5 Å². The Kier molecular flexibility index (Phi) is 8.07. The Balaban J connectivity index is 1.80. The second-order valence-corrected chi connectivity index (χ2v) is 13.2. The highest BCUT2D eigenvalue weighted by molar-refractivity contribution is 6.34. The minimum Gasteiger partial charge on any atom is -0.507 e. The van der Waals surface area contributed by atoms with Crippen LogP contribution in [0.4, 0.5) is 15.8 Å². The number of anilines is 2. The van der Waals surface area contributed by atoms with E-state index in [2.05, 4.69) is 11.9 Å². The van der Waals surface area contributed by atoms with Crippen molar-refractivity contribution < 1.29 is 14.3 Å². The summed E-state index contributed by atoms with van der Waals surface area (Å²) in [5, 5.41) is 11.4. The second kappa shape index (κ2) is 11.7. The molecule has 0 radical (unpaired) electrons. The summed E-state index contributed by atoms with van der Waals surface area (Å²) in [6, 6.07) is 7.09. The number of nitrogens with zero attached hydrogens (tertiary/aromatic N) is 6. The fourth-order valence-electron chi connectivity index (χ4n) is 6.67. The molecule has 3 aromatic heterocycles. The number of fused-ring (bicyclic) bond motifs is 5. The first kappa shape index (κ1) is 31.0. The number of phenols is 1. The molecule has 1 fully saturated rings. The zero-order chi connectivity index (χ0) is 32.3. The summed E-state index contributed by atoms with van der Waals surface area (Å²) in [5.41, 5.74) is 2.59. The summed E-state index contributed by atoms with van der Waals surface area (Å²) in [6.45, 7) is 9.50. The standard InChI is InChI=1S/C34H38ClFN6O3/c1-18(2)27-29(20(4)12-13-37-27)42-32-21(16-22(35)28(38-32)26-23(36)8-7-9-25(26)43)30-31(34(42)45)40(15-14-39(5)6)33(44)24-11-10-19(3)17-41(24)30/h7-9,12-13,16,18-19,24,43H,10-11,14-15,17H2,1-6H3/t19-,24+/m0/s1. The van der Waals surface area contributed by atoms with Crippen LogP contribution < -0.4 is 15.4 Å². The summed E-state index contributed by atoms with van der Waals surface area (Å²) in [7, 11) is 3.86. The Labute approximate surface area is 266 Å². The van der Waals surface area contributed by atoms with E-state index in [9.17, 15) is 9.90 Å². The van der Waals surface area contributed by atoms with Crippen molar-refractivity contribution in [3.8, 4) is 22.7 Å². The lowest BCUT2D eigenvalue weighted by Crippen LogP contribution is -2.59. The third-order valence-electron chi connectivity index (χ3n) is 8.90. The topological polar surface area (TPSA) is 94.8 Å². The maximum absolute atomic E-state index is 15.2. The zero-order valence-corrected chi connectivity index (χ0v) is 27.2. The largest absolute Gasteiger partial charge is 0.507 e. The summed E-state index contributed by atoms with van der Waals surface area (Å²) >= 11 is 6.90. The molecule has 1 N–H and O–H groups in total. The van der Waals surface area contributed by atoms with Gasteiger partial charge in [-0.1, -0.05) is 38.4 Å². The number of hydrogen-bond acceptors (Lipinski definition) is 7. The van der Waals surface area contributed by atoms with Gasteiger partial charge in [0.2, 0.25) is 5.91 Å². The van der Waals surface area contributed by atoms with Crippen molar-refractivity contribution in [3.05, 3.63) is 69.0 Å². The van der Waals surface area contributed by atoms with Crippen molar-refractivity contribution in [2.24, 2.45) is 5.92 Å². The van der Waals surface area contributed by atoms with Crippen molar-refractivity contribution in [1.82, 2.24) is 19.4 Å². The smallest absolute Gasteiger partial charge is 0.283 e. The minimum atomic E-state index is -0.693. The number of halogens is 2. The van der Waals surface area contributed by atoms with E-state index in [0.717, 1.165) is 12.0 Å². The van der Waals surface area contributed by atoms with Crippen LogP contribution in [0.2, 0.25) is 5.02 Å². The monoisotopic (exact) mass is 632 g/mol. The van der Waals surface area contributed by atoms with Crippen LogP contribution in [0, 0.1) is 18.7 Å². The Hall–Kier alpha value is -4.02. The van der Waals surface area contributed by atoms with E-state index in [-0.39, 0.29) is 45.2 Å². The highest BCUT2D eigenvalue weighted by atomic mass is 35.5. The molecule has 0 unspecified atom stereocenters. The first-order valence-electron chi connectivity index (χ1n) is 15.4. The maximum atomic E-state index is 15.2. The molecular weight excluding hydrogens is 595 g/mol. The van der Waals surface area contributed by atoms with Crippen LogP contribution in [-0.2, 0) is 4.79 Å². The van der Waals surface area contributed by atoms with Crippen molar-refractivity contribution >= 4 is 39.9 Å². The molecule has 2 aliphatic heterocycles. The van der Waals surface area contributed by atoms with Gasteiger partial charge in [0.25, 0.3) is 5.56 Å². The molecule has 0 aliphatic carbocycles. The number of amides is 1. The summed E-state index contributed by atoms with van der Waals surface area (Å²) in [4.78, 5) is 44.5. The van der Waals surface area contributed by atoms with Crippen molar-refractivity contribution in [2.75, 3.05) is 43.5 Å². The first-order valence-corrected chi connectivity index (χ1v) is 15.7. The number of aromatic nitrogens is 3. The summed E-state index contributed by atoms with van der Waals surface area (Å²) in [5.74, 6) is -0.876. The molecule has 6 rings (SSSR count). The van der Waals surface area contributed by atoms with Crippen LogP contribution in [0.25, 0.3) is 28.0 Å². The van der Waals surface area contributed by atoms with Gasteiger partial charge in [0.05, 0.1) is 33.3 Å². The zero-order valence-electron chi connectivity index (χ0n) is 26.4. The fraction of sp³-hybridized carbons (Fsp3) is 0.412. The van der Waals surface area contributed by atoms with E-state index >= 15 is 9.18 Å². The number of hydrogen-bond donors (Lipinski definition) is 1. The maximum Gasteiger partial charge on any atom is 0.283 e. The van der Waals surface area contributed by atoms with Gasteiger partial charge in [0.1, 0.15) is 23.3 Å². The quantitative estimate of drug-likeness (QED) is 0.283. The van der Waals surface area contributed by atoms with Gasteiger partial charge in [-0.3, -0.25) is 19.1 Å². The van der Waals surface area contributed by atoms with E-state index in [1.54, 1.807) is 17.2 Å². The molecule has 2 aliphatic rings. The Morgan fingerprint density at radius 3 is 2.58 bits per heavy atom. The lowest BCUT2D eigenvalue weighted by Gasteiger charge is -2.47. The minimum absolute atomic E-state index is 0.0143. The predicted molar refractivity (Wildman–Crippen MR) is 176 cm³/mol. The molecule has 11 heteroatoms. The van der Waals surface area contributed by atoms with E-state index in [0.29, 0.717) is 54.4 Å². The predicted octanol–water partition coefficient (Wildman–Crippen LogP) is 5.89. The number of carbonyl (C=O) groups is 1. The van der Waals surface area contributed by atoms with Crippen LogP contribution >= 0.6 is 11.6 Å². The van der Waals surface area contributed by atoms with Gasteiger partial charge in [-0.2, -0.15) is 0 Å². The highest BCUT2D eigenvalue weighted by Crippen LogP contribution is 2.46. The third-order valence-corrected chi connectivity index (χ3v) is 9.19. The summed E-state index contributed by atoms with van der Waals surface area (Å²) < 4.78 is 16.7. The number of pyridine rings is 3. The molecule has 9 nitrogen and oxygen atoms in total. The molecular formula is C34H38ClFN6O3. The van der Waals surface area contributed by atoms with Gasteiger partial charge >= 0.3 is 0 Å². The van der Waals surface area contributed by atoms with Crippen LogP contribution in [0.3, 0.4) is 0 Å². The van der Waals surface area contributed by atoms with Crippen molar-refractivity contribution in [1.29, 1.82) is 0 Å². The number of likely N-dealkylation sites (N-methyl/N-ethyl adjacent to an activating group) is 1. The normalized spacial score (nSPS) is 18.2. The summed E-state index contributed by atoms with van der Waals surface area (Å²) in [6.07, 6.45) is 3.25. The molecule has 0 saturated carbocycles. The van der Waals surface area contributed by atoms with Crippen molar-refractivity contribution in [3.63, 3.8) is 0 Å². The third kappa shape index (κ3) is 5.13. The number of rotatable bonds is 6. The van der Waals surface area contributed by atoms with E-state index < -0.39 is 17.4 Å². The number of aryl methyl sites for hydroxylation is 1. The van der Waals surface area contributed by atoms with Crippen LogP contribution in [-0.4, -0.2) is 70.2 Å². The highest BCUT2D eigenvalue weighted by Gasteiger charge is 2.44. The molecule has 4 aromatic rings. The van der Waals surface area contributed by atoms with E-state index in [1.165, 1.54) is 22.8 Å². The fourth-order valence-corrected chi connectivity index (χ4v) is 6.92. The molecule has 1 amide bonds. The van der Waals surface area contributed by atoms with E-state index in [4.69, 9.17) is 16.6 Å². The second-order valence-electron chi connectivity index (χ2n) is 12.8. The molecule has 45 heavy (non-hydrogen) atoms. The number of benzene rings is 1. The Morgan fingerprint density at radius 1 is 1.13 bits per heavy atom. The molecule has 5 heterocycles. The van der Waals surface area contributed by atoms with Gasteiger partial charge in [-0.25, -0.2) is 9.37 Å². The number of carbonyl (C=O) groups excluding carboxylic acids is 1. The van der Waals surface area contributed by atoms with Crippen LogP contribution in [0.5, 0.6) is 5.75 Å². The SMILES string of the molecule is Cc1ccnc(C(C)C)c1-n1c(=O)c2c(c3cc(Cl)c(-c4c(O)cccc4F)nc31)N1C[C@@H](C)CC[C@@H]1C(=O)N2CCN(C)C.